The summed E-state index contributed by atoms with van der Waals surface area (Å²) in [6.07, 6.45) is 3.21. The van der Waals surface area contributed by atoms with Crippen LogP contribution in [-0.2, 0) is 6.42 Å². The minimum atomic E-state index is 0.0439. The maximum atomic E-state index is 12.2. The number of carbonyl (C=O) groups excluding carboxylic acids is 1. The van der Waals surface area contributed by atoms with Crippen LogP contribution in [0.1, 0.15) is 42.6 Å². The number of nitrogens with one attached hydrogen (secondary N) is 2. The fourth-order valence-corrected chi connectivity index (χ4v) is 2.53. The van der Waals surface area contributed by atoms with Crippen molar-refractivity contribution in [2.24, 2.45) is 0 Å². The second-order valence-electron chi connectivity index (χ2n) is 5.28. The molecule has 0 aromatic heterocycles. The first-order chi connectivity index (χ1) is 8.64. The van der Waals surface area contributed by atoms with Gasteiger partial charge in [0.25, 0.3) is 5.91 Å². The van der Waals surface area contributed by atoms with E-state index >= 15 is 0 Å². The van der Waals surface area contributed by atoms with Crippen LogP contribution < -0.4 is 10.6 Å². The molecular weight excluding hydrogens is 224 g/mol. The molecule has 1 aliphatic heterocycles. The second-order valence-corrected chi connectivity index (χ2v) is 5.28. The zero-order valence-corrected chi connectivity index (χ0v) is 11.3. The standard InChI is InChI=1S/C15H22N2O/c1-3-12-7-4-5-8-13(12)14(18)16-11-15(2)9-6-10-17-15/h4-5,7-8,17H,3,6,9-11H2,1-2H3,(H,16,18). The molecular formula is C15H22N2O. The monoisotopic (exact) mass is 246 g/mol. The van der Waals surface area contributed by atoms with Crippen LogP contribution in [0.3, 0.4) is 0 Å². The van der Waals surface area contributed by atoms with E-state index in [1.54, 1.807) is 0 Å². The summed E-state index contributed by atoms with van der Waals surface area (Å²) in [5.41, 5.74) is 1.98. The molecule has 2 N–H and O–H groups in total. The van der Waals surface area contributed by atoms with Gasteiger partial charge in [0.2, 0.25) is 0 Å². The van der Waals surface area contributed by atoms with Gasteiger partial charge in [-0.3, -0.25) is 4.79 Å². The number of rotatable bonds is 4. The zero-order chi connectivity index (χ0) is 13.0. The van der Waals surface area contributed by atoms with Crippen molar-refractivity contribution < 1.29 is 4.79 Å². The summed E-state index contributed by atoms with van der Waals surface area (Å²) in [5.74, 6) is 0.0439. The predicted octanol–water partition coefficient (Wildman–Crippen LogP) is 2.12. The van der Waals surface area contributed by atoms with E-state index in [2.05, 4.69) is 24.5 Å². The van der Waals surface area contributed by atoms with Gasteiger partial charge in [-0.05, 0) is 44.4 Å². The number of hydrogen-bond acceptors (Lipinski definition) is 2. The van der Waals surface area contributed by atoms with Gasteiger partial charge in [-0.15, -0.1) is 0 Å². The van der Waals surface area contributed by atoms with Gasteiger partial charge < -0.3 is 10.6 Å². The van der Waals surface area contributed by atoms with E-state index in [1.165, 1.54) is 6.42 Å². The molecule has 98 valence electrons. The Bertz CT molecular complexity index is 422. The average molecular weight is 246 g/mol. The van der Waals surface area contributed by atoms with E-state index in [0.29, 0.717) is 6.54 Å². The molecule has 1 amide bonds. The number of amides is 1. The van der Waals surface area contributed by atoms with Crippen LogP contribution in [0, 0.1) is 0 Å². The highest BCUT2D eigenvalue weighted by Gasteiger charge is 2.28. The van der Waals surface area contributed by atoms with E-state index in [0.717, 1.165) is 30.5 Å². The van der Waals surface area contributed by atoms with E-state index in [1.807, 2.05) is 24.3 Å². The Labute approximate surface area is 109 Å². The molecule has 1 fully saturated rings. The topological polar surface area (TPSA) is 41.1 Å². The van der Waals surface area contributed by atoms with Crippen LogP contribution in [0.15, 0.2) is 24.3 Å². The first-order valence-corrected chi connectivity index (χ1v) is 6.76. The van der Waals surface area contributed by atoms with Gasteiger partial charge >= 0.3 is 0 Å². The first kappa shape index (κ1) is 13.1. The molecule has 1 aromatic carbocycles. The largest absolute Gasteiger partial charge is 0.350 e. The molecule has 1 heterocycles. The van der Waals surface area contributed by atoms with Gasteiger partial charge in [0.05, 0.1) is 0 Å². The molecule has 0 spiro atoms. The predicted molar refractivity (Wildman–Crippen MR) is 73.8 cm³/mol. The zero-order valence-electron chi connectivity index (χ0n) is 11.3. The minimum Gasteiger partial charge on any atom is -0.350 e. The SMILES string of the molecule is CCc1ccccc1C(=O)NCC1(C)CCCN1. The number of benzene rings is 1. The van der Waals surface area contributed by atoms with Crippen LogP contribution in [0.25, 0.3) is 0 Å². The summed E-state index contributed by atoms with van der Waals surface area (Å²) in [6.45, 7) is 6.00. The van der Waals surface area contributed by atoms with Crippen molar-refractivity contribution >= 4 is 5.91 Å². The minimum absolute atomic E-state index is 0.0439. The maximum absolute atomic E-state index is 12.2. The fraction of sp³-hybridized carbons (Fsp3) is 0.533. The molecule has 1 saturated heterocycles. The molecule has 0 saturated carbocycles. The molecule has 0 radical (unpaired) electrons. The van der Waals surface area contributed by atoms with Gasteiger partial charge in [0.1, 0.15) is 0 Å². The quantitative estimate of drug-likeness (QED) is 0.854. The Kier molecular flexibility index (Phi) is 4.02. The molecule has 1 atom stereocenters. The molecule has 1 aliphatic rings. The smallest absolute Gasteiger partial charge is 0.251 e. The van der Waals surface area contributed by atoms with Crippen LogP contribution in [0.2, 0.25) is 0 Å². The molecule has 3 nitrogen and oxygen atoms in total. The summed E-state index contributed by atoms with van der Waals surface area (Å²) in [7, 11) is 0. The molecule has 0 bridgehead atoms. The van der Waals surface area contributed by atoms with Gasteiger partial charge in [-0.2, -0.15) is 0 Å². The van der Waals surface area contributed by atoms with Crippen molar-refractivity contribution in [1.82, 2.24) is 10.6 Å². The summed E-state index contributed by atoms with van der Waals surface area (Å²) in [4.78, 5) is 12.2. The number of aryl methyl sites for hydroxylation is 1. The van der Waals surface area contributed by atoms with Gasteiger partial charge in [0, 0.05) is 17.6 Å². The van der Waals surface area contributed by atoms with Crippen LogP contribution in [0.4, 0.5) is 0 Å². The molecule has 18 heavy (non-hydrogen) atoms. The van der Waals surface area contributed by atoms with E-state index in [4.69, 9.17) is 0 Å². The van der Waals surface area contributed by atoms with Crippen molar-refractivity contribution in [3.05, 3.63) is 35.4 Å². The third-order valence-corrected chi connectivity index (χ3v) is 3.74. The Morgan fingerprint density at radius 3 is 2.89 bits per heavy atom. The van der Waals surface area contributed by atoms with E-state index in [-0.39, 0.29) is 11.4 Å². The lowest BCUT2D eigenvalue weighted by atomic mass is 9.99. The fourth-order valence-electron chi connectivity index (χ4n) is 2.53. The highest BCUT2D eigenvalue weighted by Crippen LogP contribution is 2.17. The van der Waals surface area contributed by atoms with E-state index < -0.39 is 0 Å². The lowest BCUT2D eigenvalue weighted by Crippen LogP contribution is -2.47. The molecule has 3 heteroatoms. The Balaban J connectivity index is 1.99. The molecule has 1 unspecified atom stereocenters. The first-order valence-electron chi connectivity index (χ1n) is 6.76. The molecule has 1 aromatic rings. The normalized spacial score (nSPS) is 23.0. The van der Waals surface area contributed by atoms with Gasteiger partial charge in [0.15, 0.2) is 0 Å². The maximum Gasteiger partial charge on any atom is 0.251 e. The van der Waals surface area contributed by atoms with Crippen molar-refractivity contribution in [2.45, 2.75) is 38.6 Å². The summed E-state index contributed by atoms with van der Waals surface area (Å²) < 4.78 is 0. The Morgan fingerprint density at radius 2 is 2.22 bits per heavy atom. The molecule has 2 rings (SSSR count). The second kappa shape index (κ2) is 5.53. The average Bonchev–Trinajstić information content (AvgIpc) is 2.83. The van der Waals surface area contributed by atoms with Crippen molar-refractivity contribution in [1.29, 1.82) is 0 Å². The van der Waals surface area contributed by atoms with Crippen LogP contribution >= 0.6 is 0 Å². The van der Waals surface area contributed by atoms with Crippen molar-refractivity contribution in [2.75, 3.05) is 13.1 Å². The van der Waals surface area contributed by atoms with E-state index in [9.17, 15) is 4.79 Å². The third kappa shape index (κ3) is 2.91. The van der Waals surface area contributed by atoms with Crippen molar-refractivity contribution in [3.63, 3.8) is 0 Å². The highest BCUT2D eigenvalue weighted by atomic mass is 16.1. The summed E-state index contributed by atoms with van der Waals surface area (Å²) in [6, 6.07) is 7.82. The van der Waals surface area contributed by atoms with Gasteiger partial charge in [-0.25, -0.2) is 0 Å². The Morgan fingerprint density at radius 1 is 1.44 bits per heavy atom. The summed E-state index contributed by atoms with van der Waals surface area (Å²) >= 11 is 0. The highest BCUT2D eigenvalue weighted by molar-refractivity contribution is 5.95. The van der Waals surface area contributed by atoms with Crippen LogP contribution in [-0.4, -0.2) is 24.5 Å². The third-order valence-electron chi connectivity index (χ3n) is 3.74. The van der Waals surface area contributed by atoms with Crippen LogP contribution in [0.5, 0.6) is 0 Å². The van der Waals surface area contributed by atoms with Crippen molar-refractivity contribution in [3.8, 4) is 0 Å². The summed E-state index contributed by atoms with van der Waals surface area (Å²) in [5, 5.41) is 6.51. The number of hydrogen-bond donors (Lipinski definition) is 2. The Hall–Kier alpha value is -1.35. The lowest BCUT2D eigenvalue weighted by Gasteiger charge is -2.24. The van der Waals surface area contributed by atoms with Gasteiger partial charge in [-0.1, -0.05) is 25.1 Å². The lowest BCUT2D eigenvalue weighted by molar-refractivity contribution is 0.0942. The number of carbonyl (C=O) groups is 1. The molecule has 0 aliphatic carbocycles.